The van der Waals surface area contributed by atoms with E-state index in [4.69, 9.17) is 5.26 Å². The van der Waals surface area contributed by atoms with Crippen LogP contribution in [0.25, 0.3) is 0 Å². The van der Waals surface area contributed by atoms with Gasteiger partial charge in [0.25, 0.3) is 0 Å². The highest BCUT2D eigenvalue weighted by Crippen LogP contribution is 2.14. The summed E-state index contributed by atoms with van der Waals surface area (Å²) in [4.78, 5) is 0. The Hall–Kier alpha value is -1.61. The lowest BCUT2D eigenvalue weighted by atomic mass is 10.1. The molecule has 0 fully saturated rings. The monoisotopic (exact) mass is 232 g/mol. The topological polar surface area (TPSA) is 35.8 Å². The third kappa shape index (κ3) is 3.51. The van der Waals surface area contributed by atoms with Gasteiger partial charge in [-0.25, -0.2) is 4.39 Å². The highest BCUT2D eigenvalue weighted by molar-refractivity contribution is 5.34. The van der Waals surface area contributed by atoms with Gasteiger partial charge in [0.15, 0.2) is 0 Å². The molecule has 86 valence electrons. The van der Waals surface area contributed by atoms with E-state index in [2.05, 4.69) is 5.32 Å². The summed E-state index contributed by atoms with van der Waals surface area (Å²) >= 11 is 0. The number of hydrogen-bond acceptors (Lipinski definition) is 2. The van der Waals surface area contributed by atoms with Crippen molar-refractivity contribution >= 4 is 0 Å². The fourth-order valence-corrected chi connectivity index (χ4v) is 1.14. The fraction of sp³-hybridized carbons (Fsp3) is 0.300. The lowest BCUT2D eigenvalue weighted by molar-refractivity contribution is -0.125. The zero-order chi connectivity index (χ0) is 12.2. The summed E-state index contributed by atoms with van der Waals surface area (Å²) in [6, 6.07) is 5.64. The van der Waals surface area contributed by atoms with Crippen LogP contribution in [0.5, 0.6) is 0 Å². The molecule has 0 amide bonds. The number of nitrogens with one attached hydrogen (secondary N) is 1. The van der Waals surface area contributed by atoms with Gasteiger partial charge in [0, 0.05) is 12.1 Å². The van der Waals surface area contributed by atoms with E-state index in [1.807, 2.05) is 0 Å². The first-order chi connectivity index (χ1) is 7.44. The lowest BCUT2D eigenvalue weighted by Crippen LogP contribution is -2.28. The third-order valence-corrected chi connectivity index (χ3v) is 1.84. The van der Waals surface area contributed by atoms with Gasteiger partial charge in [0.1, 0.15) is 11.9 Å². The van der Waals surface area contributed by atoms with E-state index in [0.29, 0.717) is 0 Å². The molecule has 1 N–H and O–H groups in total. The van der Waals surface area contributed by atoms with Gasteiger partial charge in [0.05, 0.1) is 12.1 Å². The van der Waals surface area contributed by atoms with Gasteiger partial charge < -0.3 is 5.32 Å². The summed E-state index contributed by atoms with van der Waals surface area (Å²) in [5.41, 5.74) is -0.130. The summed E-state index contributed by atoms with van der Waals surface area (Å²) in [7, 11) is 0. The molecule has 0 atom stereocenters. The molecule has 0 unspecified atom stereocenters. The van der Waals surface area contributed by atoms with E-state index in [-0.39, 0.29) is 17.7 Å². The van der Waals surface area contributed by atoms with Gasteiger partial charge in [-0.05, 0) is 6.07 Å². The van der Waals surface area contributed by atoms with Crippen molar-refractivity contribution in [3.63, 3.8) is 0 Å². The van der Waals surface area contributed by atoms with Gasteiger partial charge >= 0.3 is 6.18 Å². The van der Waals surface area contributed by atoms with Crippen LogP contribution in [-0.2, 0) is 6.54 Å². The summed E-state index contributed by atoms with van der Waals surface area (Å²) < 4.78 is 48.7. The number of hydrogen-bond donors (Lipinski definition) is 1. The Morgan fingerprint density at radius 3 is 2.56 bits per heavy atom. The maximum atomic E-state index is 13.3. The predicted molar refractivity (Wildman–Crippen MR) is 48.9 cm³/mol. The van der Waals surface area contributed by atoms with Crippen molar-refractivity contribution in [3.8, 4) is 6.07 Å². The van der Waals surface area contributed by atoms with E-state index in [1.165, 1.54) is 18.2 Å². The van der Waals surface area contributed by atoms with Crippen molar-refractivity contribution in [1.82, 2.24) is 5.32 Å². The van der Waals surface area contributed by atoms with Crippen molar-refractivity contribution in [2.45, 2.75) is 12.7 Å². The van der Waals surface area contributed by atoms with Crippen molar-refractivity contribution in [2.75, 3.05) is 6.54 Å². The zero-order valence-corrected chi connectivity index (χ0v) is 8.11. The first kappa shape index (κ1) is 12.5. The molecule has 1 aromatic carbocycles. The molecule has 0 spiro atoms. The summed E-state index contributed by atoms with van der Waals surface area (Å²) in [6.45, 7) is -1.45. The first-order valence-electron chi connectivity index (χ1n) is 4.39. The normalized spacial score (nSPS) is 11.2. The van der Waals surface area contributed by atoms with Gasteiger partial charge in [-0.1, -0.05) is 12.1 Å². The quantitative estimate of drug-likeness (QED) is 0.812. The standard InChI is InChI=1S/C10H8F4N2/c11-9-7(4-15)2-1-3-8(9)5-16-6-10(12,13)14/h1-3,16H,5-6H2. The lowest BCUT2D eigenvalue weighted by Gasteiger charge is -2.09. The number of nitriles is 1. The molecule has 0 aliphatic heterocycles. The second kappa shape index (κ2) is 4.94. The first-order valence-corrected chi connectivity index (χ1v) is 4.39. The van der Waals surface area contributed by atoms with Gasteiger partial charge in [0.2, 0.25) is 0 Å². The molecule has 0 aliphatic rings. The van der Waals surface area contributed by atoms with E-state index in [9.17, 15) is 17.6 Å². The zero-order valence-electron chi connectivity index (χ0n) is 8.11. The second-order valence-electron chi connectivity index (χ2n) is 3.11. The number of nitrogens with zero attached hydrogens (tertiary/aromatic N) is 1. The van der Waals surface area contributed by atoms with Crippen molar-refractivity contribution in [2.24, 2.45) is 0 Å². The van der Waals surface area contributed by atoms with E-state index >= 15 is 0 Å². The summed E-state index contributed by atoms with van der Waals surface area (Å²) in [5, 5.41) is 10.6. The highest BCUT2D eigenvalue weighted by atomic mass is 19.4. The van der Waals surface area contributed by atoms with Crippen LogP contribution in [-0.4, -0.2) is 12.7 Å². The molecule has 0 radical (unpaired) electrons. The molecule has 0 aliphatic carbocycles. The molecule has 2 nitrogen and oxygen atoms in total. The molecule has 1 aromatic rings. The van der Waals surface area contributed by atoms with Crippen LogP contribution in [0, 0.1) is 17.1 Å². The maximum absolute atomic E-state index is 13.3. The minimum Gasteiger partial charge on any atom is -0.304 e. The third-order valence-electron chi connectivity index (χ3n) is 1.84. The van der Waals surface area contributed by atoms with Crippen molar-refractivity contribution in [1.29, 1.82) is 5.26 Å². The van der Waals surface area contributed by atoms with E-state index in [1.54, 1.807) is 6.07 Å². The Morgan fingerprint density at radius 2 is 2.00 bits per heavy atom. The molecule has 1 rings (SSSR count). The molecule has 6 heteroatoms. The van der Waals surface area contributed by atoms with Gasteiger partial charge in [-0.2, -0.15) is 18.4 Å². The minimum absolute atomic E-state index is 0.0447. The number of rotatable bonds is 3. The fourth-order valence-electron chi connectivity index (χ4n) is 1.14. The van der Waals surface area contributed by atoms with Crippen LogP contribution in [0.1, 0.15) is 11.1 Å². The van der Waals surface area contributed by atoms with Gasteiger partial charge in [-0.3, -0.25) is 0 Å². The molecular weight excluding hydrogens is 224 g/mol. The average Bonchev–Trinajstić information content (AvgIpc) is 2.19. The van der Waals surface area contributed by atoms with Crippen molar-refractivity contribution in [3.05, 3.63) is 35.1 Å². The van der Waals surface area contributed by atoms with Crippen LogP contribution in [0.4, 0.5) is 17.6 Å². The highest BCUT2D eigenvalue weighted by Gasteiger charge is 2.26. The molecule has 0 saturated carbocycles. The summed E-state index contributed by atoms with van der Waals surface area (Å²) in [6.07, 6.45) is -4.33. The molecule has 16 heavy (non-hydrogen) atoms. The second-order valence-corrected chi connectivity index (χ2v) is 3.11. The Balaban J connectivity index is 2.65. The van der Waals surface area contributed by atoms with Gasteiger partial charge in [-0.15, -0.1) is 0 Å². The maximum Gasteiger partial charge on any atom is 0.401 e. The SMILES string of the molecule is N#Cc1cccc(CNCC(F)(F)F)c1F. The van der Waals surface area contributed by atoms with Crippen LogP contribution < -0.4 is 5.32 Å². The number of alkyl halides is 3. The number of halogens is 4. The van der Waals surface area contributed by atoms with Crippen LogP contribution in [0.2, 0.25) is 0 Å². The Morgan fingerprint density at radius 1 is 1.31 bits per heavy atom. The number of benzene rings is 1. The smallest absolute Gasteiger partial charge is 0.304 e. The Kier molecular flexibility index (Phi) is 3.85. The molecule has 0 saturated heterocycles. The average molecular weight is 232 g/mol. The minimum atomic E-state index is -4.33. The van der Waals surface area contributed by atoms with Crippen LogP contribution in [0.15, 0.2) is 18.2 Å². The van der Waals surface area contributed by atoms with E-state index in [0.717, 1.165) is 0 Å². The molecular formula is C10H8F4N2. The Labute approximate surface area is 89.5 Å². The largest absolute Gasteiger partial charge is 0.401 e. The Bertz CT molecular complexity index is 406. The van der Waals surface area contributed by atoms with Crippen LogP contribution in [0.3, 0.4) is 0 Å². The molecule has 0 heterocycles. The summed E-state index contributed by atoms with van der Waals surface area (Å²) in [5.74, 6) is -0.778. The molecule has 0 aromatic heterocycles. The van der Waals surface area contributed by atoms with E-state index < -0.39 is 18.5 Å². The molecule has 0 bridgehead atoms. The van der Waals surface area contributed by atoms with Crippen LogP contribution >= 0.6 is 0 Å². The predicted octanol–water partition coefficient (Wildman–Crippen LogP) is 2.35. The van der Waals surface area contributed by atoms with Crippen molar-refractivity contribution < 1.29 is 17.6 Å².